The summed E-state index contributed by atoms with van der Waals surface area (Å²) in [6.07, 6.45) is 3.59. The molecule has 0 unspecified atom stereocenters. The minimum absolute atomic E-state index is 0.0876. The Balaban J connectivity index is 1.63. The molecule has 1 aromatic heterocycles. The molecule has 120 valence electrons. The Morgan fingerprint density at radius 2 is 1.82 bits per heavy atom. The van der Waals surface area contributed by atoms with E-state index < -0.39 is 0 Å². The molecule has 0 saturated carbocycles. The van der Waals surface area contributed by atoms with Crippen LogP contribution in [0.1, 0.15) is 41.6 Å². The lowest BCUT2D eigenvalue weighted by molar-refractivity contribution is 0.0561. The molecule has 1 saturated heterocycles. The molecule has 1 aliphatic heterocycles. The number of hydrogen-bond acceptors (Lipinski definition) is 5. The first kappa shape index (κ1) is 14.9. The predicted molar refractivity (Wildman–Crippen MR) is 77.6 cm³/mol. The quantitative estimate of drug-likeness (QED) is 0.827. The Bertz CT molecular complexity index is 561. The van der Waals surface area contributed by atoms with Crippen molar-refractivity contribution in [2.24, 2.45) is 0 Å². The van der Waals surface area contributed by atoms with Crippen LogP contribution in [0.4, 0.5) is 4.79 Å². The van der Waals surface area contributed by atoms with Gasteiger partial charge in [0.1, 0.15) is 5.76 Å². The van der Waals surface area contributed by atoms with E-state index in [0.29, 0.717) is 38.5 Å². The van der Waals surface area contributed by atoms with Gasteiger partial charge in [0, 0.05) is 38.2 Å². The van der Waals surface area contributed by atoms with Crippen molar-refractivity contribution in [1.82, 2.24) is 15.0 Å². The Morgan fingerprint density at radius 3 is 2.55 bits per heavy atom. The van der Waals surface area contributed by atoms with Gasteiger partial charge in [-0.2, -0.15) is 0 Å². The molecular weight excluding hydrogens is 286 g/mol. The summed E-state index contributed by atoms with van der Waals surface area (Å²) >= 11 is 0. The van der Waals surface area contributed by atoms with E-state index in [4.69, 9.17) is 9.26 Å². The van der Waals surface area contributed by atoms with E-state index in [1.807, 2.05) is 0 Å². The van der Waals surface area contributed by atoms with Crippen molar-refractivity contribution in [2.75, 3.05) is 32.8 Å². The number of aryl methyl sites for hydroxylation is 1. The average molecular weight is 307 g/mol. The van der Waals surface area contributed by atoms with Crippen molar-refractivity contribution in [3.05, 3.63) is 17.0 Å². The van der Waals surface area contributed by atoms with E-state index >= 15 is 0 Å². The Kier molecular flexibility index (Phi) is 4.31. The molecule has 0 aromatic carbocycles. The third kappa shape index (κ3) is 2.80. The molecular formula is C15H21N3O4. The van der Waals surface area contributed by atoms with Crippen LogP contribution in [0.15, 0.2) is 4.52 Å². The minimum atomic E-state index is -0.312. The Labute approximate surface area is 129 Å². The van der Waals surface area contributed by atoms with Gasteiger partial charge in [0.2, 0.25) is 0 Å². The molecule has 0 spiro atoms. The van der Waals surface area contributed by atoms with Crippen molar-refractivity contribution in [3.8, 4) is 0 Å². The van der Waals surface area contributed by atoms with Crippen LogP contribution in [0.2, 0.25) is 0 Å². The van der Waals surface area contributed by atoms with E-state index in [1.54, 1.807) is 16.7 Å². The van der Waals surface area contributed by atoms with Crippen LogP contribution in [-0.2, 0) is 17.6 Å². The molecule has 22 heavy (non-hydrogen) atoms. The van der Waals surface area contributed by atoms with E-state index in [1.165, 1.54) is 0 Å². The van der Waals surface area contributed by atoms with E-state index in [9.17, 15) is 9.59 Å². The number of hydrogen-bond donors (Lipinski definition) is 0. The van der Waals surface area contributed by atoms with Gasteiger partial charge in [0.05, 0.1) is 6.61 Å². The van der Waals surface area contributed by atoms with Gasteiger partial charge in [-0.05, 0) is 26.2 Å². The average Bonchev–Trinajstić information content (AvgIpc) is 2.98. The number of carbonyl (C=O) groups is 2. The van der Waals surface area contributed by atoms with Crippen molar-refractivity contribution in [3.63, 3.8) is 0 Å². The van der Waals surface area contributed by atoms with E-state index in [0.717, 1.165) is 37.0 Å². The van der Waals surface area contributed by atoms with Gasteiger partial charge in [-0.3, -0.25) is 4.79 Å². The lowest BCUT2D eigenvalue weighted by Crippen LogP contribution is -2.51. The van der Waals surface area contributed by atoms with Crippen LogP contribution in [-0.4, -0.2) is 59.7 Å². The number of aromatic nitrogens is 1. The van der Waals surface area contributed by atoms with E-state index in [2.05, 4.69) is 5.16 Å². The predicted octanol–water partition coefficient (Wildman–Crippen LogP) is 1.47. The highest BCUT2D eigenvalue weighted by molar-refractivity contribution is 5.94. The standard InChI is InChI=1S/C15H21N3O4/c1-2-21-15(20)18-9-7-17(8-10-18)14(19)13-11-5-3-4-6-12(11)22-16-13/h2-10H2,1H3. The Morgan fingerprint density at radius 1 is 1.14 bits per heavy atom. The maximum Gasteiger partial charge on any atom is 0.409 e. The highest BCUT2D eigenvalue weighted by atomic mass is 16.6. The van der Waals surface area contributed by atoms with Crippen LogP contribution < -0.4 is 0 Å². The number of nitrogens with zero attached hydrogens (tertiary/aromatic N) is 3. The second-order valence-electron chi connectivity index (χ2n) is 5.62. The molecule has 2 heterocycles. The second-order valence-corrected chi connectivity index (χ2v) is 5.62. The summed E-state index contributed by atoms with van der Waals surface area (Å²) in [5.74, 6) is 0.773. The summed E-state index contributed by atoms with van der Waals surface area (Å²) < 4.78 is 10.3. The molecule has 0 N–H and O–H groups in total. The maximum absolute atomic E-state index is 12.6. The second kappa shape index (κ2) is 6.37. The van der Waals surface area contributed by atoms with Gasteiger partial charge < -0.3 is 19.1 Å². The van der Waals surface area contributed by atoms with Crippen LogP contribution in [0.3, 0.4) is 0 Å². The summed E-state index contributed by atoms with van der Waals surface area (Å²) in [5.41, 5.74) is 1.43. The van der Waals surface area contributed by atoms with Crippen molar-refractivity contribution < 1.29 is 18.8 Å². The molecule has 1 fully saturated rings. The summed E-state index contributed by atoms with van der Waals surface area (Å²) in [7, 11) is 0. The molecule has 3 rings (SSSR count). The molecule has 0 radical (unpaired) electrons. The fourth-order valence-electron chi connectivity index (χ4n) is 3.01. The van der Waals surface area contributed by atoms with Gasteiger partial charge in [-0.1, -0.05) is 5.16 Å². The summed E-state index contributed by atoms with van der Waals surface area (Å²) in [6, 6.07) is 0. The summed E-state index contributed by atoms with van der Waals surface area (Å²) in [4.78, 5) is 27.6. The van der Waals surface area contributed by atoms with Gasteiger partial charge in [-0.25, -0.2) is 4.79 Å². The zero-order valence-electron chi connectivity index (χ0n) is 12.8. The number of carbonyl (C=O) groups excluding carboxylic acids is 2. The van der Waals surface area contributed by atoms with Gasteiger partial charge in [-0.15, -0.1) is 0 Å². The molecule has 7 nitrogen and oxygen atoms in total. The smallest absolute Gasteiger partial charge is 0.409 e. The largest absolute Gasteiger partial charge is 0.450 e. The topological polar surface area (TPSA) is 75.9 Å². The van der Waals surface area contributed by atoms with Crippen LogP contribution in [0.25, 0.3) is 0 Å². The van der Waals surface area contributed by atoms with Crippen molar-refractivity contribution >= 4 is 12.0 Å². The third-order valence-corrected chi connectivity index (χ3v) is 4.25. The maximum atomic E-state index is 12.6. The van der Waals surface area contributed by atoms with Gasteiger partial charge in [0.25, 0.3) is 5.91 Å². The SMILES string of the molecule is CCOC(=O)N1CCN(C(=O)c2noc3c2CCCC3)CC1. The zero-order chi connectivity index (χ0) is 15.5. The van der Waals surface area contributed by atoms with Gasteiger partial charge in [0.15, 0.2) is 5.69 Å². The fraction of sp³-hybridized carbons (Fsp3) is 0.667. The van der Waals surface area contributed by atoms with Crippen molar-refractivity contribution in [2.45, 2.75) is 32.6 Å². The zero-order valence-corrected chi connectivity index (χ0v) is 12.8. The van der Waals surface area contributed by atoms with Crippen LogP contribution in [0.5, 0.6) is 0 Å². The molecule has 0 bridgehead atoms. The monoisotopic (exact) mass is 307 g/mol. The number of fused-ring (bicyclic) bond motifs is 1. The third-order valence-electron chi connectivity index (χ3n) is 4.25. The first-order valence-electron chi connectivity index (χ1n) is 7.89. The fourth-order valence-corrected chi connectivity index (χ4v) is 3.01. The van der Waals surface area contributed by atoms with Crippen LogP contribution >= 0.6 is 0 Å². The first-order chi connectivity index (χ1) is 10.7. The normalized spacial score (nSPS) is 18.0. The molecule has 1 aromatic rings. The van der Waals surface area contributed by atoms with Crippen molar-refractivity contribution in [1.29, 1.82) is 0 Å². The van der Waals surface area contributed by atoms with Gasteiger partial charge >= 0.3 is 6.09 Å². The molecule has 1 aliphatic carbocycles. The molecule has 7 heteroatoms. The number of piperazine rings is 1. The highest BCUT2D eigenvalue weighted by Crippen LogP contribution is 2.25. The summed E-state index contributed by atoms with van der Waals surface area (Å²) in [5, 5.41) is 3.99. The Hall–Kier alpha value is -2.05. The number of amides is 2. The lowest BCUT2D eigenvalue weighted by atomic mass is 9.96. The first-order valence-corrected chi connectivity index (χ1v) is 7.89. The summed E-state index contributed by atoms with van der Waals surface area (Å²) in [6.45, 7) is 4.13. The molecule has 2 aliphatic rings. The molecule has 2 amide bonds. The molecule has 0 atom stereocenters. The number of rotatable bonds is 2. The highest BCUT2D eigenvalue weighted by Gasteiger charge is 2.30. The minimum Gasteiger partial charge on any atom is -0.450 e. The lowest BCUT2D eigenvalue weighted by Gasteiger charge is -2.33. The van der Waals surface area contributed by atoms with Crippen LogP contribution in [0, 0.1) is 0 Å². The van der Waals surface area contributed by atoms with E-state index in [-0.39, 0.29) is 12.0 Å². The number of ether oxygens (including phenoxy) is 1.